The summed E-state index contributed by atoms with van der Waals surface area (Å²) in [5, 5.41) is 0.926. The SMILES string of the molecule is CCC1=CC2CN3CCc4c(n(C(=O)OC(C)(C)C)c5ccc(OC)cc45)C(C(=O)OC)(C2)C13. The fraction of sp³-hybridized carbons (Fsp3) is 0.556. The number of hydrogen-bond donors (Lipinski definition) is 0. The lowest BCUT2D eigenvalue weighted by atomic mass is 9.60. The third-order valence-electron chi connectivity index (χ3n) is 7.57. The van der Waals surface area contributed by atoms with Crippen LogP contribution in [0.4, 0.5) is 4.79 Å². The zero-order valence-electron chi connectivity index (χ0n) is 20.9. The third kappa shape index (κ3) is 3.20. The molecule has 34 heavy (non-hydrogen) atoms. The lowest BCUT2D eigenvalue weighted by Gasteiger charge is -2.54. The number of piperidine rings is 1. The Labute approximate surface area is 200 Å². The quantitative estimate of drug-likeness (QED) is 0.492. The van der Waals surface area contributed by atoms with Crippen molar-refractivity contribution in [1.82, 2.24) is 9.47 Å². The number of carbonyl (C=O) groups excluding carboxylic acids is 2. The van der Waals surface area contributed by atoms with E-state index in [2.05, 4.69) is 17.9 Å². The molecule has 3 aliphatic heterocycles. The van der Waals surface area contributed by atoms with Crippen LogP contribution in [0.5, 0.6) is 5.75 Å². The summed E-state index contributed by atoms with van der Waals surface area (Å²) in [6.45, 7) is 9.45. The Kier molecular flexibility index (Phi) is 5.32. The molecule has 2 aromatic rings. The van der Waals surface area contributed by atoms with E-state index in [0.717, 1.165) is 48.1 Å². The molecule has 0 amide bonds. The van der Waals surface area contributed by atoms with Gasteiger partial charge in [-0.2, -0.15) is 0 Å². The molecule has 4 atom stereocenters. The molecule has 4 heterocycles. The van der Waals surface area contributed by atoms with Gasteiger partial charge in [-0.05, 0) is 69.7 Å². The summed E-state index contributed by atoms with van der Waals surface area (Å²) < 4.78 is 18.6. The summed E-state index contributed by atoms with van der Waals surface area (Å²) in [5.74, 6) is 0.658. The highest BCUT2D eigenvalue weighted by molar-refractivity contribution is 5.99. The van der Waals surface area contributed by atoms with Gasteiger partial charge in [-0.15, -0.1) is 0 Å². The average Bonchev–Trinajstić information content (AvgIpc) is 3.09. The second-order valence-electron chi connectivity index (χ2n) is 10.7. The molecule has 7 heteroatoms. The molecule has 0 spiro atoms. The van der Waals surface area contributed by atoms with Gasteiger partial charge in [-0.25, -0.2) is 9.36 Å². The van der Waals surface area contributed by atoms with Gasteiger partial charge in [0.05, 0.1) is 31.5 Å². The predicted octanol–water partition coefficient (Wildman–Crippen LogP) is 4.44. The first-order valence-electron chi connectivity index (χ1n) is 12.1. The molecular formula is C27H34N2O5. The highest BCUT2D eigenvalue weighted by Gasteiger charge is 2.61. The summed E-state index contributed by atoms with van der Waals surface area (Å²) in [7, 11) is 3.09. The monoisotopic (exact) mass is 466 g/mol. The van der Waals surface area contributed by atoms with Crippen LogP contribution in [0.3, 0.4) is 0 Å². The first-order valence-corrected chi connectivity index (χ1v) is 12.1. The van der Waals surface area contributed by atoms with Crippen LogP contribution in [0, 0.1) is 5.92 Å². The Morgan fingerprint density at radius 2 is 1.97 bits per heavy atom. The van der Waals surface area contributed by atoms with Gasteiger partial charge in [0.1, 0.15) is 16.8 Å². The number of esters is 1. The van der Waals surface area contributed by atoms with E-state index in [1.54, 1.807) is 11.7 Å². The Balaban J connectivity index is 1.88. The van der Waals surface area contributed by atoms with Crippen LogP contribution in [0.1, 0.15) is 51.8 Å². The fourth-order valence-corrected chi connectivity index (χ4v) is 6.53. The van der Waals surface area contributed by atoms with Crippen molar-refractivity contribution in [2.24, 2.45) is 5.92 Å². The molecule has 6 rings (SSSR count). The first kappa shape index (κ1) is 23.0. The summed E-state index contributed by atoms with van der Waals surface area (Å²) in [6.07, 6.45) is 4.08. The molecule has 1 aliphatic carbocycles. The molecular weight excluding hydrogens is 432 g/mol. The molecule has 1 saturated heterocycles. The Morgan fingerprint density at radius 1 is 1.21 bits per heavy atom. The maximum absolute atomic E-state index is 13.9. The van der Waals surface area contributed by atoms with E-state index in [9.17, 15) is 9.59 Å². The van der Waals surface area contributed by atoms with Crippen molar-refractivity contribution in [3.63, 3.8) is 0 Å². The Bertz CT molecular complexity index is 1200. The summed E-state index contributed by atoms with van der Waals surface area (Å²) >= 11 is 0. The van der Waals surface area contributed by atoms with Crippen molar-refractivity contribution in [1.29, 1.82) is 0 Å². The number of methoxy groups -OCH3 is 2. The molecule has 1 aromatic heterocycles. The second kappa shape index (κ2) is 7.87. The lowest BCUT2D eigenvalue weighted by molar-refractivity contribution is -0.154. The van der Waals surface area contributed by atoms with Gasteiger partial charge in [0.15, 0.2) is 0 Å². The number of fused-ring (bicyclic) bond motifs is 3. The molecule has 1 fully saturated rings. The minimum Gasteiger partial charge on any atom is -0.497 e. The molecule has 1 aromatic carbocycles. The first-order chi connectivity index (χ1) is 16.1. The van der Waals surface area contributed by atoms with E-state index in [4.69, 9.17) is 14.2 Å². The van der Waals surface area contributed by atoms with E-state index in [1.807, 2.05) is 39.0 Å². The molecule has 182 valence electrons. The molecule has 0 radical (unpaired) electrons. The van der Waals surface area contributed by atoms with Gasteiger partial charge >= 0.3 is 12.1 Å². The van der Waals surface area contributed by atoms with E-state index in [0.29, 0.717) is 12.2 Å². The minimum absolute atomic E-state index is 0.136. The van der Waals surface area contributed by atoms with Gasteiger partial charge in [-0.1, -0.05) is 18.6 Å². The van der Waals surface area contributed by atoms with Crippen LogP contribution < -0.4 is 4.74 Å². The van der Waals surface area contributed by atoms with Crippen LogP contribution in [-0.2, 0) is 26.1 Å². The number of nitrogens with zero attached hydrogens (tertiary/aromatic N) is 2. The topological polar surface area (TPSA) is 70.0 Å². The lowest BCUT2D eigenvalue weighted by Crippen LogP contribution is -2.64. The maximum Gasteiger partial charge on any atom is 0.419 e. The van der Waals surface area contributed by atoms with Gasteiger partial charge < -0.3 is 14.2 Å². The molecule has 0 N–H and O–H groups in total. The molecule has 4 aliphatic rings. The predicted molar refractivity (Wildman–Crippen MR) is 129 cm³/mol. The van der Waals surface area contributed by atoms with Gasteiger partial charge in [0.2, 0.25) is 0 Å². The number of hydrogen-bond acceptors (Lipinski definition) is 6. The smallest absolute Gasteiger partial charge is 0.419 e. The van der Waals surface area contributed by atoms with E-state index in [-0.39, 0.29) is 17.9 Å². The Morgan fingerprint density at radius 3 is 2.62 bits per heavy atom. The number of carbonyl (C=O) groups is 2. The van der Waals surface area contributed by atoms with Crippen LogP contribution in [0.2, 0.25) is 0 Å². The molecule has 4 bridgehead atoms. The van der Waals surface area contributed by atoms with Crippen LogP contribution in [0.15, 0.2) is 29.8 Å². The average molecular weight is 467 g/mol. The summed E-state index contributed by atoms with van der Waals surface area (Å²) in [6, 6.07) is 5.58. The summed E-state index contributed by atoms with van der Waals surface area (Å²) in [5.41, 5.74) is 2.07. The number of ether oxygens (including phenoxy) is 3. The number of aromatic nitrogens is 1. The largest absolute Gasteiger partial charge is 0.497 e. The van der Waals surface area contributed by atoms with E-state index in [1.165, 1.54) is 12.7 Å². The maximum atomic E-state index is 13.9. The van der Waals surface area contributed by atoms with Gasteiger partial charge in [0, 0.05) is 18.5 Å². The van der Waals surface area contributed by atoms with Crippen molar-refractivity contribution < 1.29 is 23.8 Å². The van der Waals surface area contributed by atoms with Crippen molar-refractivity contribution in [3.8, 4) is 5.75 Å². The van der Waals surface area contributed by atoms with Crippen LogP contribution in [0.25, 0.3) is 10.9 Å². The van der Waals surface area contributed by atoms with Gasteiger partial charge in [0.25, 0.3) is 0 Å². The van der Waals surface area contributed by atoms with Crippen molar-refractivity contribution in [2.75, 3.05) is 27.3 Å². The number of rotatable bonds is 3. The normalized spacial score (nSPS) is 27.6. The third-order valence-corrected chi connectivity index (χ3v) is 7.57. The van der Waals surface area contributed by atoms with E-state index < -0.39 is 17.1 Å². The molecule has 7 nitrogen and oxygen atoms in total. The van der Waals surface area contributed by atoms with E-state index >= 15 is 0 Å². The standard InChI is InChI=1S/C27H34N2O5/c1-7-17-12-16-14-27(24(30)33-6)22(17)28(15-16)11-10-19-20-13-18(32-5)8-9-21(20)29(23(19)27)25(31)34-26(2,3)4/h8-9,12-13,16,22H,7,10-11,14-15H2,1-6H3. The highest BCUT2D eigenvalue weighted by Crippen LogP contribution is 2.54. The van der Waals surface area contributed by atoms with Crippen molar-refractivity contribution in [2.45, 2.75) is 64.0 Å². The second-order valence-corrected chi connectivity index (χ2v) is 10.7. The minimum atomic E-state index is -0.979. The Hall–Kier alpha value is -2.80. The van der Waals surface area contributed by atoms with Crippen LogP contribution in [-0.4, -0.2) is 60.5 Å². The fourth-order valence-electron chi connectivity index (χ4n) is 6.53. The van der Waals surface area contributed by atoms with Gasteiger partial charge in [-0.3, -0.25) is 9.69 Å². The van der Waals surface area contributed by atoms with Crippen molar-refractivity contribution in [3.05, 3.63) is 41.1 Å². The number of benzene rings is 1. The highest BCUT2D eigenvalue weighted by atomic mass is 16.6. The van der Waals surface area contributed by atoms with Crippen LogP contribution >= 0.6 is 0 Å². The van der Waals surface area contributed by atoms with Crippen molar-refractivity contribution >= 4 is 23.0 Å². The molecule has 0 saturated carbocycles. The zero-order valence-corrected chi connectivity index (χ0v) is 20.9. The zero-order chi connectivity index (χ0) is 24.4. The summed E-state index contributed by atoms with van der Waals surface area (Å²) in [4.78, 5) is 30.1. The molecule has 4 unspecified atom stereocenters.